The highest BCUT2D eigenvalue weighted by Crippen LogP contribution is 2.36. The second-order valence-electron chi connectivity index (χ2n) is 10.2. The first kappa shape index (κ1) is 26.4. The molecule has 1 aliphatic heterocycles. The molecule has 39 heavy (non-hydrogen) atoms. The van der Waals surface area contributed by atoms with Gasteiger partial charge >= 0.3 is 0 Å². The van der Waals surface area contributed by atoms with E-state index < -0.39 is 5.91 Å². The molecule has 2 aromatic heterocycles. The molecule has 0 bridgehead atoms. The van der Waals surface area contributed by atoms with Gasteiger partial charge in [0.25, 0.3) is 0 Å². The number of hydrogen-bond acceptors (Lipinski definition) is 5. The molecule has 0 saturated carbocycles. The molecule has 5 rings (SSSR count). The number of para-hydroxylation sites is 1. The van der Waals surface area contributed by atoms with E-state index in [2.05, 4.69) is 5.10 Å². The normalized spacial score (nSPS) is 14.1. The van der Waals surface area contributed by atoms with Crippen LogP contribution in [0.15, 0.2) is 67.1 Å². The van der Waals surface area contributed by atoms with Gasteiger partial charge in [0.2, 0.25) is 11.8 Å². The van der Waals surface area contributed by atoms with Crippen LogP contribution in [0.3, 0.4) is 0 Å². The van der Waals surface area contributed by atoms with E-state index >= 15 is 0 Å². The number of hydrogen-bond donors (Lipinski definition) is 2. The number of amides is 2. The van der Waals surface area contributed by atoms with Crippen molar-refractivity contribution in [2.24, 2.45) is 18.5 Å². The first-order valence-corrected chi connectivity index (χ1v) is 13.5. The minimum absolute atomic E-state index is 0.203. The van der Waals surface area contributed by atoms with Crippen molar-refractivity contribution < 1.29 is 9.59 Å². The van der Waals surface area contributed by atoms with Crippen molar-refractivity contribution in [1.82, 2.24) is 24.2 Å². The summed E-state index contributed by atoms with van der Waals surface area (Å²) in [6.45, 7) is 1.51. The highest BCUT2D eigenvalue weighted by molar-refractivity contribution is 6.03. The number of carbonyl (C=O) groups is 2. The molecule has 1 aliphatic rings. The van der Waals surface area contributed by atoms with Crippen molar-refractivity contribution in [2.45, 2.75) is 44.6 Å². The molecule has 1 saturated heterocycles. The van der Waals surface area contributed by atoms with Crippen LogP contribution in [0.4, 0.5) is 0 Å². The van der Waals surface area contributed by atoms with Gasteiger partial charge in [-0.1, -0.05) is 30.3 Å². The van der Waals surface area contributed by atoms with Gasteiger partial charge in [-0.2, -0.15) is 5.10 Å². The summed E-state index contributed by atoms with van der Waals surface area (Å²) in [5, 5.41) is 4.33. The summed E-state index contributed by atoms with van der Waals surface area (Å²) < 4.78 is 3.74. The minimum atomic E-state index is -0.517. The zero-order chi connectivity index (χ0) is 27.4. The van der Waals surface area contributed by atoms with Crippen molar-refractivity contribution in [3.05, 3.63) is 78.4 Å². The molecule has 0 atom stereocenters. The number of unbranched alkanes of at least 4 members (excludes halogenated alkanes) is 1. The Morgan fingerprint density at radius 1 is 1.00 bits per heavy atom. The summed E-state index contributed by atoms with van der Waals surface area (Å²) in [4.78, 5) is 32.2. The van der Waals surface area contributed by atoms with E-state index in [1.165, 1.54) is 0 Å². The quantitative estimate of drug-likeness (QED) is 0.322. The predicted molar refractivity (Wildman–Crippen MR) is 151 cm³/mol. The summed E-state index contributed by atoms with van der Waals surface area (Å²) >= 11 is 0. The zero-order valence-corrected chi connectivity index (χ0v) is 22.3. The Morgan fingerprint density at radius 3 is 2.46 bits per heavy atom. The van der Waals surface area contributed by atoms with E-state index in [0.29, 0.717) is 29.8 Å². The number of primary amides is 1. The number of rotatable bonds is 9. The molecule has 0 aliphatic carbocycles. The van der Waals surface area contributed by atoms with Gasteiger partial charge in [0.05, 0.1) is 17.5 Å². The van der Waals surface area contributed by atoms with Crippen molar-refractivity contribution in [1.29, 1.82) is 0 Å². The van der Waals surface area contributed by atoms with E-state index in [9.17, 15) is 9.59 Å². The SMILES string of the molecule is Cn1cc(-c2cccc(C(N)=O)c2-c2nc(CCCCC(=O)N3CCC(N)CC3)cn2-c2ccccc2)cn1. The maximum Gasteiger partial charge on any atom is 0.249 e. The molecule has 0 unspecified atom stereocenters. The maximum atomic E-state index is 12.6. The molecule has 0 radical (unpaired) electrons. The van der Waals surface area contributed by atoms with Crippen LogP contribution in [0.2, 0.25) is 0 Å². The predicted octanol–water partition coefficient (Wildman–Crippen LogP) is 3.70. The topological polar surface area (TPSA) is 125 Å². The Hall–Kier alpha value is -4.24. The molecule has 4 N–H and O–H groups in total. The van der Waals surface area contributed by atoms with E-state index in [0.717, 1.165) is 61.3 Å². The minimum Gasteiger partial charge on any atom is -0.366 e. The van der Waals surface area contributed by atoms with E-state index in [1.807, 2.05) is 71.4 Å². The van der Waals surface area contributed by atoms with Crippen LogP contribution in [-0.4, -0.2) is 55.2 Å². The number of piperidine rings is 1. The van der Waals surface area contributed by atoms with Crippen LogP contribution in [0.1, 0.15) is 48.2 Å². The molecule has 4 aromatic rings. The largest absolute Gasteiger partial charge is 0.366 e. The Morgan fingerprint density at radius 2 is 1.77 bits per heavy atom. The van der Waals surface area contributed by atoms with Gasteiger partial charge in [-0.05, 0) is 55.9 Å². The smallest absolute Gasteiger partial charge is 0.249 e. The number of benzene rings is 2. The Balaban J connectivity index is 1.43. The summed E-state index contributed by atoms with van der Waals surface area (Å²) in [6, 6.07) is 15.7. The van der Waals surface area contributed by atoms with E-state index in [4.69, 9.17) is 16.5 Å². The van der Waals surface area contributed by atoms with Crippen molar-refractivity contribution in [2.75, 3.05) is 13.1 Å². The molecule has 202 valence electrons. The lowest BCUT2D eigenvalue weighted by molar-refractivity contribution is -0.132. The van der Waals surface area contributed by atoms with Crippen molar-refractivity contribution in [3.63, 3.8) is 0 Å². The third-order valence-corrected chi connectivity index (χ3v) is 7.33. The van der Waals surface area contributed by atoms with Crippen molar-refractivity contribution in [3.8, 4) is 28.2 Å². The first-order chi connectivity index (χ1) is 18.9. The van der Waals surface area contributed by atoms with Gasteiger partial charge in [-0.25, -0.2) is 4.98 Å². The number of likely N-dealkylation sites (tertiary alicyclic amines) is 1. The van der Waals surface area contributed by atoms with E-state index in [-0.39, 0.29) is 11.9 Å². The highest BCUT2D eigenvalue weighted by atomic mass is 16.2. The fraction of sp³-hybridized carbons (Fsp3) is 0.333. The van der Waals surface area contributed by atoms with Gasteiger partial charge < -0.3 is 16.4 Å². The Labute approximate surface area is 228 Å². The monoisotopic (exact) mass is 525 g/mol. The number of carbonyl (C=O) groups excluding carboxylic acids is 2. The summed E-state index contributed by atoms with van der Waals surface area (Å²) in [7, 11) is 1.86. The third kappa shape index (κ3) is 5.93. The van der Waals surface area contributed by atoms with Gasteiger partial charge in [0.15, 0.2) is 0 Å². The van der Waals surface area contributed by atoms with Crippen LogP contribution >= 0.6 is 0 Å². The Kier molecular flexibility index (Phi) is 7.88. The van der Waals surface area contributed by atoms with Crippen LogP contribution in [0.5, 0.6) is 0 Å². The summed E-state index contributed by atoms with van der Waals surface area (Å²) in [6.07, 6.45) is 10.3. The Bertz CT molecular complexity index is 1450. The molecule has 0 spiro atoms. The number of nitrogens with two attached hydrogens (primary N) is 2. The lowest BCUT2D eigenvalue weighted by atomic mass is 9.96. The fourth-order valence-corrected chi connectivity index (χ4v) is 5.20. The van der Waals surface area contributed by atoms with Crippen LogP contribution in [0.25, 0.3) is 28.2 Å². The van der Waals surface area contributed by atoms with Gasteiger partial charge in [-0.15, -0.1) is 0 Å². The van der Waals surface area contributed by atoms with Gasteiger partial charge in [-0.3, -0.25) is 18.8 Å². The molecular formula is C30H35N7O2. The summed E-state index contributed by atoms with van der Waals surface area (Å²) in [5.74, 6) is 0.330. The molecular weight excluding hydrogens is 490 g/mol. The maximum absolute atomic E-state index is 12.6. The number of aryl methyl sites for hydroxylation is 2. The van der Waals surface area contributed by atoms with E-state index in [1.54, 1.807) is 16.9 Å². The highest BCUT2D eigenvalue weighted by Gasteiger charge is 2.23. The number of imidazole rings is 1. The number of aromatic nitrogens is 4. The standard InChI is InChI=1S/C30H35N7O2/c1-35-19-21(18-33-35)25-11-7-12-26(29(32)39)28(25)30-34-23(20-37(30)24-9-3-2-4-10-24)8-5-6-13-27(38)36-16-14-22(31)15-17-36/h2-4,7,9-12,18-20,22H,5-6,8,13-17,31H2,1H3,(H2,32,39). The molecule has 2 amide bonds. The van der Waals surface area contributed by atoms with Crippen LogP contribution < -0.4 is 11.5 Å². The van der Waals surface area contributed by atoms with Crippen LogP contribution in [0, 0.1) is 0 Å². The summed E-state index contributed by atoms with van der Waals surface area (Å²) in [5.41, 5.74) is 16.4. The molecule has 3 heterocycles. The average molecular weight is 526 g/mol. The lowest BCUT2D eigenvalue weighted by Crippen LogP contribution is -2.42. The lowest BCUT2D eigenvalue weighted by Gasteiger charge is -2.30. The zero-order valence-electron chi connectivity index (χ0n) is 22.3. The van der Waals surface area contributed by atoms with Gasteiger partial charge in [0.1, 0.15) is 5.82 Å². The van der Waals surface area contributed by atoms with Gasteiger partial charge in [0, 0.05) is 61.8 Å². The fourth-order valence-electron chi connectivity index (χ4n) is 5.20. The second-order valence-corrected chi connectivity index (χ2v) is 10.2. The number of nitrogens with zero attached hydrogens (tertiary/aromatic N) is 5. The van der Waals surface area contributed by atoms with Crippen molar-refractivity contribution >= 4 is 11.8 Å². The average Bonchev–Trinajstić information content (AvgIpc) is 3.57. The molecule has 9 nitrogen and oxygen atoms in total. The van der Waals surface area contributed by atoms with Crippen LogP contribution in [-0.2, 0) is 18.3 Å². The second kappa shape index (κ2) is 11.7. The molecule has 1 fully saturated rings. The molecule has 2 aromatic carbocycles. The molecule has 9 heteroatoms. The third-order valence-electron chi connectivity index (χ3n) is 7.33. The first-order valence-electron chi connectivity index (χ1n) is 13.5.